The number of fused-ring (bicyclic) bond motifs is 1. The van der Waals surface area contributed by atoms with Gasteiger partial charge in [0.2, 0.25) is 11.8 Å². The third kappa shape index (κ3) is 5.35. The highest BCUT2D eigenvalue weighted by Crippen LogP contribution is 2.32. The molecule has 9 heteroatoms. The van der Waals surface area contributed by atoms with Gasteiger partial charge >= 0.3 is 0 Å². The Morgan fingerprint density at radius 2 is 1.78 bits per heavy atom. The standard InChI is InChI=1S/C27H28FN5O3/c1-27(2,3)29-26(35)25(20-12-5-6-13-21(20)28)33(18-10-9-11-19(16-18)36-4)24(34)17-32-23-15-8-7-14-22(23)30-31-32/h5-16,25H,17H2,1-4H3,(H,29,35). The Bertz CT molecular complexity index is 1400. The number of rotatable bonds is 7. The van der Waals surface area contributed by atoms with Crippen LogP contribution in [0.4, 0.5) is 10.1 Å². The Balaban J connectivity index is 1.85. The highest BCUT2D eigenvalue weighted by Gasteiger charge is 2.36. The van der Waals surface area contributed by atoms with E-state index < -0.39 is 29.2 Å². The van der Waals surface area contributed by atoms with Crippen LogP contribution in [-0.2, 0) is 16.1 Å². The molecule has 36 heavy (non-hydrogen) atoms. The van der Waals surface area contributed by atoms with E-state index in [4.69, 9.17) is 4.74 Å². The Morgan fingerprint density at radius 1 is 1.06 bits per heavy atom. The summed E-state index contributed by atoms with van der Waals surface area (Å²) < 4.78 is 22.0. The maximum absolute atomic E-state index is 15.1. The molecule has 4 aromatic rings. The second kappa shape index (κ2) is 10.2. The lowest BCUT2D eigenvalue weighted by Gasteiger charge is -2.34. The number of benzene rings is 3. The fraction of sp³-hybridized carbons (Fsp3) is 0.259. The number of aromatic nitrogens is 3. The van der Waals surface area contributed by atoms with E-state index in [2.05, 4.69) is 15.6 Å². The van der Waals surface area contributed by atoms with Crippen LogP contribution in [0, 0.1) is 5.82 Å². The number of nitrogens with zero attached hydrogens (tertiary/aromatic N) is 4. The van der Waals surface area contributed by atoms with Crippen molar-refractivity contribution >= 4 is 28.5 Å². The molecule has 0 radical (unpaired) electrons. The van der Waals surface area contributed by atoms with Crippen molar-refractivity contribution in [2.75, 3.05) is 12.0 Å². The molecule has 1 N–H and O–H groups in total. The molecule has 1 unspecified atom stereocenters. The molecule has 1 heterocycles. The molecule has 1 atom stereocenters. The molecule has 0 aliphatic heterocycles. The molecule has 2 amide bonds. The van der Waals surface area contributed by atoms with Crippen LogP contribution < -0.4 is 15.0 Å². The smallest absolute Gasteiger partial charge is 0.249 e. The largest absolute Gasteiger partial charge is 0.497 e. The third-order valence-electron chi connectivity index (χ3n) is 5.51. The third-order valence-corrected chi connectivity index (χ3v) is 5.51. The first-order valence-electron chi connectivity index (χ1n) is 11.5. The summed E-state index contributed by atoms with van der Waals surface area (Å²) in [6, 6.07) is 18.7. The van der Waals surface area contributed by atoms with Crippen LogP contribution in [0.1, 0.15) is 32.4 Å². The second-order valence-electron chi connectivity index (χ2n) is 9.36. The maximum atomic E-state index is 15.1. The van der Waals surface area contributed by atoms with E-state index in [1.807, 2.05) is 32.9 Å². The van der Waals surface area contributed by atoms with Gasteiger partial charge in [0, 0.05) is 22.9 Å². The summed E-state index contributed by atoms with van der Waals surface area (Å²) in [6.45, 7) is 5.25. The molecule has 0 aliphatic rings. The normalized spacial score (nSPS) is 12.2. The fourth-order valence-corrected chi connectivity index (χ4v) is 3.97. The van der Waals surface area contributed by atoms with E-state index in [1.54, 1.807) is 42.5 Å². The van der Waals surface area contributed by atoms with Gasteiger partial charge in [-0.15, -0.1) is 5.10 Å². The predicted molar refractivity (Wildman–Crippen MR) is 135 cm³/mol. The molecule has 3 aromatic carbocycles. The molecule has 0 fully saturated rings. The maximum Gasteiger partial charge on any atom is 0.249 e. The number of anilines is 1. The first-order chi connectivity index (χ1) is 17.2. The Hall–Kier alpha value is -4.27. The molecule has 0 aliphatic carbocycles. The Morgan fingerprint density at radius 3 is 2.50 bits per heavy atom. The van der Waals surface area contributed by atoms with Crippen LogP contribution >= 0.6 is 0 Å². The summed E-state index contributed by atoms with van der Waals surface area (Å²) in [5, 5.41) is 11.1. The number of halogens is 1. The summed E-state index contributed by atoms with van der Waals surface area (Å²) in [7, 11) is 1.51. The summed E-state index contributed by atoms with van der Waals surface area (Å²) in [6.07, 6.45) is 0. The number of carbonyl (C=O) groups excluding carboxylic acids is 2. The van der Waals surface area contributed by atoms with Crippen molar-refractivity contribution in [1.82, 2.24) is 20.3 Å². The van der Waals surface area contributed by atoms with Crippen LogP contribution in [0.25, 0.3) is 11.0 Å². The fourth-order valence-electron chi connectivity index (χ4n) is 3.97. The zero-order valence-corrected chi connectivity index (χ0v) is 20.6. The van der Waals surface area contributed by atoms with E-state index in [1.165, 1.54) is 34.9 Å². The lowest BCUT2D eigenvalue weighted by Crippen LogP contribution is -2.50. The highest BCUT2D eigenvalue weighted by atomic mass is 19.1. The van der Waals surface area contributed by atoms with Crippen molar-refractivity contribution in [3.05, 3.63) is 84.2 Å². The van der Waals surface area contributed by atoms with Gasteiger partial charge in [0.15, 0.2) is 0 Å². The quantitative estimate of drug-likeness (QED) is 0.419. The van der Waals surface area contributed by atoms with E-state index in [-0.39, 0.29) is 12.1 Å². The summed E-state index contributed by atoms with van der Waals surface area (Å²) in [5.74, 6) is -1.11. The first kappa shape index (κ1) is 24.8. The zero-order valence-electron chi connectivity index (χ0n) is 20.6. The summed E-state index contributed by atoms with van der Waals surface area (Å²) in [4.78, 5) is 28.9. The number of nitrogens with one attached hydrogen (secondary N) is 1. The van der Waals surface area contributed by atoms with Gasteiger partial charge in [-0.1, -0.05) is 41.6 Å². The van der Waals surface area contributed by atoms with Gasteiger partial charge in [-0.2, -0.15) is 0 Å². The van der Waals surface area contributed by atoms with Crippen LogP contribution in [0.3, 0.4) is 0 Å². The van der Waals surface area contributed by atoms with Crippen molar-refractivity contribution in [3.8, 4) is 5.75 Å². The topological polar surface area (TPSA) is 89.3 Å². The molecule has 0 bridgehead atoms. The summed E-state index contributed by atoms with van der Waals surface area (Å²) >= 11 is 0. The highest BCUT2D eigenvalue weighted by molar-refractivity contribution is 6.01. The number of carbonyl (C=O) groups is 2. The zero-order chi connectivity index (χ0) is 25.9. The second-order valence-corrected chi connectivity index (χ2v) is 9.36. The van der Waals surface area contributed by atoms with Crippen molar-refractivity contribution in [2.24, 2.45) is 0 Å². The van der Waals surface area contributed by atoms with Gasteiger partial charge in [0.05, 0.1) is 12.6 Å². The van der Waals surface area contributed by atoms with Gasteiger partial charge in [-0.05, 0) is 51.1 Å². The number of hydrogen-bond acceptors (Lipinski definition) is 5. The van der Waals surface area contributed by atoms with Crippen molar-refractivity contribution in [2.45, 2.75) is 38.9 Å². The van der Waals surface area contributed by atoms with E-state index >= 15 is 4.39 Å². The molecular formula is C27H28FN5O3. The molecule has 186 valence electrons. The number of hydrogen-bond donors (Lipinski definition) is 1. The van der Waals surface area contributed by atoms with E-state index in [0.717, 1.165) is 0 Å². The molecule has 8 nitrogen and oxygen atoms in total. The Kier molecular flexibility index (Phi) is 7.00. The number of ether oxygens (including phenoxy) is 1. The van der Waals surface area contributed by atoms with E-state index in [9.17, 15) is 9.59 Å². The minimum Gasteiger partial charge on any atom is -0.497 e. The minimum absolute atomic E-state index is 0.0684. The average Bonchev–Trinajstić information content (AvgIpc) is 3.24. The molecular weight excluding hydrogens is 461 g/mol. The molecule has 0 saturated carbocycles. The van der Waals surface area contributed by atoms with Crippen molar-refractivity contribution < 1.29 is 18.7 Å². The Labute approximate surface area is 208 Å². The van der Waals surface area contributed by atoms with Crippen LogP contribution in [0.15, 0.2) is 72.8 Å². The predicted octanol–water partition coefficient (Wildman–Crippen LogP) is 4.27. The average molecular weight is 490 g/mol. The first-order valence-corrected chi connectivity index (χ1v) is 11.5. The van der Waals surface area contributed by atoms with Crippen molar-refractivity contribution in [3.63, 3.8) is 0 Å². The number of amides is 2. The lowest BCUT2D eigenvalue weighted by atomic mass is 10.00. The molecule has 1 aromatic heterocycles. The van der Waals surface area contributed by atoms with Gasteiger partial charge in [0.25, 0.3) is 0 Å². The number of methoxy groups -OCH3 is 1. The van der Waals surface area contributed by atoms with Gasteiger partial charge in [-0.25, -0.2) is 9.07 Å². The van der Waals surface area contributed by atoms with Crippen LogP contribution in [0.2, 0.25) is 0 Å². The van der Waals surface area contributed by atoms with Gasteiger partial charge in [0.1, 0.15) is 29.7 Å². The molecule has 4 rings (SSSR count). The SMILES string of the molecule is COc1cccc(N(C(=O)Cn2nnc3ccccc32)C(C(=O)NC(C)(C)C)c2ccccc2F)c1. The van der Waals surface area contributed by atoms with Crippen molar-refractivity contribution in [1.29, 1.82) is 0 Å². The van der Waals surface area contributed by atoms with E-state index in [0.29, 0.717) is 22.5 Å². The van der Waals surface area contributed by atoms with Crippen LogP contribution in [-0.4, -0.2) is 39.5 Å². The lowest BCUT2D eigenvalue weighted by molar-refractivity contribution is -0.128. The molecule has 0 saturated heterocycles. The van der Waals surface area contributed by atoms with Gasteiger partial charge in [-0.3, -0.25) is 14.5 Å². The summed E-state index contributed by atoms with van der Waals surface area (Å²) in [5.41, 5.74) is 1.12. The van der Waals surface area contributed by atoms with Crippen LogP contribution in [0.5, 0.6) is 5.75 Å². The van der Waals surface area contributed by atoms with Gasteiger partial charge < -0.3 is 10.1 Å². The monoisotopic (exact) mass is 489 g/mol. The molecule has 0 spiro atoms. The number of para-hydroxylation sites is 1. The minimum atomic E-state index is -1.29.